The van der Waals surface area contributed by atoms with Crippen LogP contribution in [0, 0.1) is 5.82 Å². The maximum Gasteiger partial charge on any atom is 0.143 e. The third kappa shape index (κ3) is 3.29. The van der Waals surface area contributed by atoms with E-state index in [1.54, 1.807) is 7.11 Å². The fourth-order valence-corrected chi connectivity index (χ4v) is 1.83. The average Bonchev–Trinajstić information content (AvgIpc) is 2.42. The Morgan fingerprint density at radius 3 is 2.58 bits per heavy atom. The lowest BCUT2D eigenvalue weighted by molar-refractivity contribution is 0.414. The number of methoxy groups -OCH3 is 1. The number of rotatable bonds is 4. The van der Waals surface area contributed by atoms with Crippen molar-refractivity contribution >= 4 is 23.0 Å². The van der Waals surface area contributed by atoms with Crippen molar-refractivity contribution in [1.82, 2.24) is 0 Å². The molecule has 2 aromatic carbocycles. The van der Waals surface area contributed by atoms with Gasteiger partial charge in [0.1, 0.15) is 11.6 Å². The van der Waals surface area contributed by atoms with E-state index in [2.05, 4.69) is 5.32 Å². The molecule has 100 valence electrons. The number of hydrogen-bond acceptors (Lipinski definition) is 3. The summed E-state index contributed by atoms with van der Waals surface area (Å²) in [7, 11) is 1.62. The first kappa shape index (κ1) is 13.5. The van der Waals surface area contributed by atoms with Gasteiger partial charge >= 0.3 is 0 Å². The molecule has 0 fully saturated rings. The molecule has 0 atom stereocenters. The van der Waals surface area contributed by atoms with Gasteiger partial charge in [0.2, 0.25) is 0 Å². The van der Waals surface area contributed by atoms with Crippen molar-refractivity contribution < 1.29 is 9.13 Å². The number of nitrogens with one attached hydrogen (secondary N) is 1. The van der Waals surface area contributed by atoms with Crippen LogP contribution < -0.4 is 15.8 Å². The number of anilines is 2. The van der Waals surface area contributed by atoms with Crippen molar-refractivity contribution in [2.45, 2.75) is 6.54 Å². The van der Waals surface area contributed by atoms with E-state index in [0.717, 1.165) is 11.3 Å². The van der Waals surface area contributed by atoms with Crippen molar-refractivity contribution in [3.8, 4) is 5.75 Å². The Labute approximate surface area is 116 Å². The number of benzene rings is 2. The molecule has 0 aliphatic heterocycles. The second kappa shape index (κ2) is 5.80. The van der Waals surface area contributed by atoms with Gasteiger partial charge in [0.25, 0.3) is 0 Å². The smallest absolute Gasteiger partial charge is 0.143 e. The van der Waals surface area contributed by atoms with Crippen molar-refractivity contribution in [3.05, 3.63) is 52.8 Å². The number of nitrogen functional groups attached to an aromatic ring is 1. The molecule has 0 spiro atoms. The van der Waals surface area contributed by atoms with Gasteiger partial charge in [-0.3, -0.25) is 0 Å². The van der Waals surface area contributed by atoms with Crippen LogP contribution in [0.1, 0.15) is 5.56 Å². The van der Waals surface area contributed by atoms with E-state index in [1.807, 2.05) is 24.3 Å². The first-order valence-electron chi connectivity index (χ1n) is 5.71. The van der Waals surface area contributed by atoms with E-state index in [9.17, 15) is 4.39 Å². The molecule has 2 aromatic rings. The lowest BCUT2D eigenvalue weighted by Gasteiger charge is -2.10. The number of ether oxygens (including phenoxy) is 1. The second-order valence-electron chi connectivity index (χ2n) is 4.06. The molecule has 0 amide bonds. The Morgan fingerprint density at radius 2 is 1.95 bits per heavy atom. The summed E-state index contributed by atoms with van der Waals surface area (Å²) >= 11 is 5.64. The van der Waals surface area contributed by atoms with Crippen LogP contribution >= 0.6 is 11.6 Å². The summed E-state index contributed by atoms with van der Waals surface area (Å²) in [6.45, 7) is 0.537. The molecule has 5 heteroatoms. The quantitative estimate of drug-likeness (QED) is 0.840. The fourth-order valence-electron chi connectivity index (χ4n) is 1.66. The summed E-state index contributed by atoms with van der Waals surface area (Å²) in [5.74, 6) is 0.300. The predicted molar refractivity (Wildman–Crippen MR) is 76.1 cm³/mol. The third-order valence-corrected chi connectivity index (χ3v) is 3.02. The van der Waals surface area contributed by atoms with Crippen molar-refractivity contribution in [1.29, 1.82) is 0 Å². The Kier molecular flexibility index (Phi) is 4.12. The zero-order chi connectivity index (χ0) is 13.8. The van der Waals surface area contributed by atoms with Crippen LogP contribution in [-0.4, -0.2) is 7.11 Å². The molecule has 0 aromatic heterocycles. The molecule has 0 bridgehead atoms. The van der Waals surface area contributed by atoms with Gasteiger partial charge in [0, 0.05) is 12.6 Å². The Hall–Kier alpha value is -1.94. The van der Waals surface area contributed by atoms with Crippen LogP contribution in [0.25, 0.3) is 0 Å². The lowest BCUT2D eigenvalue weighted by Crippen LogP contribution is -2.03. The summed E-state index contributed by atoms with van der Waals surface area (Å²) in [5.41, 5.74) is 7.75. The standard InChI is InChI=1S/C14H14ClFN2O/c1-19-10-4-2-9(3-5-10)8-18-14-7-12(16)11(15)6-13(14)17/h2-7,18H,8,17H2,1H3. The highest BCUT2D eigenvalue weighted by Gasteiger charge is 2.06. The summed E-state index contributed by atoms with van der Waals surface area (Å²) in [6.07, 6.45) is 0. The number of hydrogen-bond donors (Lipinski definition) is 2. The first-order valence-corrected chi connectivity index (χ1v) is 6.09. The highest BCUT2D eigenvalue weighted by molar-refractivity contribution is 6.31. The third-order valence-electron chi connectivity index (χ3n) is 2.73. The second-order valence-corrected chi connectivity index (χ2v) is 4.46. The zero-order valence-electron chi connectivity index (χ0n) is 10.4. The maximum atomic E-state index is 13.3. The molecule has 0 aliphatic carbocycles. The fraction of sp³-hybridized carbons (Fsp3) is 0.143. The number of nitrogens with two attached hydrogens (primary N) is 1. The number of halogens is 2. The molecule has 0 saturated carbocycles. The van der Waals surface area contributed by atoms with Crippen molar-refractivity contribution in [2.75, 3.05) is 18.2 Å². The van der Waals surface area contributed by atoms with Crippen LogP contribution in [0.15, 0.2) is 36.4 Å². The monoisotopic (exact) mass is 280 g/mol. The van der Waals surface area contributed by atoms with Crippen LogP contribution in [0.5, 0.6) is 5.75 Å². The van der Waals surface area contributed by atoms with Gasteiger partial charge in [-0.05, 0) is 23.8 Å². The molecular weight excluding hydrogens is 267 g/mol. The molecule has 0 aliphatic rings. The van der Waals surface area contributed by atoms with E-state index in [4.69, 9.17) is 22.1 Å². The van der Waals surface area contributed by atoms with Crippen molar-refractivity contribution in [3.63, 3.8) is 0 Å². The van der Waals surface area contributed by atoms with Gasteiger partial charge in [-0.2, -0.15) is 0 Å². The Morgan fingerprint density at radius 1 is 1.26 bits per heavy atom. The van der Waals surface area contributed by atoms with Crippen LogP contribution in [0.4, 0.5) is 15.8 Å². The molecule has 0 radical (unpaired) electrons. The summed E-state index contributed by atoms with van der Waals surface area (Å²) in [4.78, 5) is 0. The largest absolute Gasteiger partial charge is 0.497 e. The summed E-state index contributed by atoms with van der Waals surface area (Å²) in [5, 5.41) is 3.09. The molecule has 19 heavy (non-hydrogen) atoms. The van der Waals surface area contributed by atoms with Crippen LogP contribution in [0.3, 0.4) is 0 Å². The lowest BCUT2D eigenvalue weighted by atomic mass is 10.2. The van der Waals surface area contributed by atoms with E-state index in [1.165, 1.54) is 12.1 Å². The van der Waals surface area contributed by atoms with E-state index in [-0.39, 0.29) is 5.02 Å². The van der Waals surface area contributed by atoms with Crippen LogP contribution in [-0.2, 0) is 6.54 Å². The topological polar surface area (TPSA) is 47.3 Å². The SMILES string of the molecule is COc1ccc(CNc2cc(F)c(Cl)cc2N)cc1. The molecule has 3 N–H and O–H groups in total. The molecule has 2 rings (SSSR count). The molecule has 3 nitrogen and oxygen atoms in total. The minimum absolute atomic E-state index is 0.0208. The molecule has 0 saturated heterocycles. The van der Waals surface area contributed by atoms with E-state index in [0.29, 0.717) is 17.9 Å². The van der Waals surface area contributed by atoms with Gasteiger partial charge < -0.3 is 15.8 Å². The Bertz CT molecular complexity index is 572. The van der Waals surface area contributed by atoms with Gasteiger partial charge in [-0.15, -0.1) is 0 Å². The minimum atomic E-state index is -0.493. The average molecular weight is 281 g/mol. The summed E-state index contributed by atoms with van der Waals surface area (Å²) in [6, 6.07) is 10.3. The van der Waals surface area contributed by atoms with Gasteiger partial charge in [-0.25, -0.2) is 4.39 Å². The normalized spacial score (nSPS) is 10.3. The van der Waals surface area contributed by atoms with Gasteiger partial charge in [0.15, 0.2) is 0 Å². The first-order chi connectivity index (χ1) is 9.10. The Balaban J connectivity index is 2.07. The van der Waals surface area contributed by atoms with Gasteiger partial charge in [-0.1, -0.05) is 23.7 Å². The molecular formula is C14H14ClFN2O. The molecule has 0 heterocycles. The minimum Gasteiger partial charge on any atom is -0.497 e. The predicted octanol–water partition coefficient (Wildman–Crippen LogP) is 3.68. The van der Waals surface area contributed by atoms with E-state index >= 15 is 0 Å². The highest BCUT2D eigenvalue weighted by atomic mass is 35.5. The highest BCUT2D eigenvalue weighted by Crippen LogP contribution is 2.26. The summed E-state index contributed by atoms with van der Waals surface area (Å²) < 4.78 is 18.4. The van der Waals surface area contributed by atoms with E-state index < -0.39 is 5.82 Å². The maximum absolute atomic E-state index is 13.3. The molecule has 0 unspecified atom stereocenters. The van der Waals surface area contributed by atoms with Crippen molar-refractivity contribution in [2.24, 2.45) is 0 Å². The van der Waals surface area contributed by atoms with Crippen LogP contribution in [0.2, 0.25) is 5.02 Å². The van der Waals surface area contributed by atoms with Gasteiger partial charge in [0.05, 0.1) is 23.5 Å². The zero-order valence-corrected chi connectivity index (χ0v) is 11.2.